The van der Waals surface area contributed by atoms with Crippen molar-refractivity contribution in [3.8, 4) is 5.75 Å². The van der Waals surface area contributed by atoms with E-state index in [9.17, 15) is 9.50 Å². The second-order valence-electron chi connectivity index (χ2n) is 4.53. The van der Waals surface area contributed by atoms with Crippen LogP contribution in [0.5, 0.6) is 5.75 Å². The summed E-state index contributed by atoms with van der Waals surface area (Å²) < 4.78 is 19.9. The molecule has 0 saturated heterocycles. The van der Waals surface area contributed by atoms with Crippen molar-refractivity contribution < 1.29 is 14.2 Å². The maximum Gasteiger partial charge on any atom is 0.168 e. The van der Waals surface area contributed by atoms with Gasteiger partial charge in [0.15, 0.2) is 11.6 Å². The number of thioether (sulfide) groups is 1. The molecule has 1 atom stereocenters. The monoisotopic (exact) mass is 370 g/mol. The van der Waals surface area contributed by atoms with Crippen molar-refractivity contribution in [3.63, 3.8) is 0 Å². The molecule has 0 aliphatic rings. The average molecular weight is 371 g/mol. The van der Waals surface area contributed by atoms with E-state index in [-0.39, 0.29) is 12.2 Å². The first kappa shape index (κ1) is 16.3. The van der Waals surface area contributed by atoms with Gasteiger partial charge >= 0.3 is 0 Å². The molecule has 2 aromatic carbocycles. The van der Waals surface area contributed by atoms with E-state index in [1.165, 1.54) is 18.9 Å². The highest BCUT2D eigenvalue weighted by Crippen LogP contribution is 2.28. The molecule has 5 heteroatoms. The fraction of sp³-hybridized carbons (Fsp3) is 0.250. The first-order chi connectivity index (χ1) is 10.1. The molecule has 0 radical (unpaired) electrons. The Labute approximate surface area is 136 Å². The number of methoxy groups -OCH3 is 1. The van der Waals surface area contributed by atoms with Gasteiger partial charge in [0.05, 0.1) is 13.2 Å². The van der Waals surface area contributed by atoms with Gasteiger partial charge < -0.3 is 9.84 Å². The fourth-order valence-electron chi connectivity index (χ4n) is 1.93. The third-order valence-corrected chi connectivity index (χ3v) is 5.16. The third kappa shape index (κ3) is 4.46. The number of rotatable bonds is 6. The van der Waals surface area contributed by atoms with Crippen LogP contribution in [0.25, 0.3) is 0 Å². The Kier molecular flexibility index (Phi) is 6.08. The maximum atomic E-state index is 14.0. The molecular weight excluding hydrogens is 355 g/mol. The van der Waals surface area contributed by atoms with Crippen molar-refractivity contribution in [2.24, 2.45) is 0 Å². The van der Waals surface area contributed by atoms with Gasteiger partial charge in [0, 0.05) is 21.5 Å². The second kappa shape index (κ2) is 7.82. The summed E-state index contributed by atoms with van der Waals surface area (Å²) in [5.41, 5.74) is 0.467. The third-order valence-electron chi connectivity index (χ3n) is 2.99. The minimum atomic E-state index is -0.622. The van der Waals surface area contributed by atoms with Crippen molar-refractivity contribution in [2.45, 2.75) is 17.4 Å². The molecule has 0 bridgehead atoms. The van der Waals surface area contributed by atoms with E-state index < -0.39 is 11.9 Å². The lowest BCUT2D eigenvalue weighted by Gasteiger charge is -2.13. The van der Waals surface area contributed by atoms with Crippen LogP contribution in [-0.2, 0) is 6.42 Å². The van der Waals surface area contributed by atoms with Gasteiger partial charge in [-0.3, -0.25) is 0 Å². The molecule has 2 aromatic rings. The number of aliphatic hydroxyl groups excluding tert-OH is 1. The van der Waals surface area contributed by atoms with E-state index in [1.807, 2.05) is 24.3 Å². The van der Waals surface area contributed by atoms with Gasteiger partial charge in [-0.25, -0.2) is 4.39 Å². The molecule has 0 spiro atoms. The van der Waals surface area contributed by atoms with Crippen LogP contribution in [0.15, 0.2) is 51.8 Å². The van der Waals surface area contributed by atoms with E-state index in [4.69, 9.17) is 4.74 Å². The molecular formula is C16H16BrFO2S. The van der Waals surface area contributed by atoms with Gasteiger partial charge in [0.25, 0.3) is 0 Å². The molecule has 0 amide bonds. The zero-order valence-electron chi connectivity index (χ0n) is 11.6. The SMILES string of the molecule is COc1cccc(CC(O)CSc2ccccc2Br)c1F. The number of ether oxygens (including phenoxy) is 1. The predicted octanol–water partition coefficient (Wildman–Crippen LogP) is 4.29. The molecule has 2 rings (SSSR count). The first-order valence-corrected chi connectivity index (χ1v) is 8.26. The molecule has 0 heterocycles. The molecule has 2 nitrogen and oxygen atoms in total. The van der Waals surface area contributed by atoms with Gasteiger partial charge in [0.1, 0.15) is 0 Å². The van der Waals surface area contributed by atoms with Crippen molar-refractivity contribution in [1.29, 1.82) is 0 Å². The average Bonchev–Trinajstić information content (AvgIpc) is 2.48. The van der Waals surface area contributed by atoms with Crippen LogP contribution in [-0.4, -0.2) is 24.1 Å². The largest absolute Gasteiger partial charge is 0.494 e. The van der Waals surface area contributed by atoms with Crippen LogP contribution in [0.1, 0.15) is 5.56 Å². The number of hydrogen-bond donors (Lipinski definition) is 1. The lowest BCUT2D eigenvalue weighted by molar-refractivity contribution is 0.198. The van der Waals surface area contributed by atoms with Gasteiger partial charge in [-0.1, -0.05) is 24.3 Å². The molecule has 0 aliphatic heterocycles. The summed E-state index contributed by atoms with van der Waals surface area (Å²) in [5, 5.41) is 10.1. The van der Waals surface area contributed by atoms with Crippen LogP contribution < -0.4 is 4.74 Å². The summed E-state index contributed by atoms with van der Waals surface area (Å²) >= 11 is 5.00. The molecule has 0 saturated carbocycles. The lowest BCUT2D eigenvalue weighted by atomic mass is 10.1. The summed E-state index contributed by atoms with van der Waals surface area (Å²) in [6, 6.07) is 12.8. The van der Waals surface area contributed by atoms with E-state index in [1.54, 1.807) is 18.2 Å². The predicted molar refractivity (Wildman–Crippen MR) is 87.5 cm³/mol. The van der Waals surface area contributed by atoms with E-state index in [0.717, 1.165) is 9.37 Å². The van der Waals surface area contributed by atoms with Crippen LogP contribution in [0, 0.1) is 5.82 Å². The Hall–Kier alpha value is -1.04. The van der Waals surface area contributed by atoms with Gasteiger partial charge in [-0.05, 0) is 39.7 Å². The normalized spacial score (nSPS) is 12.2. The summed E-state index contributed by atoms with van der Waals surface area (Å²) in [5.74, 6) is 0.308. The summed E-state index contributed by atoms with van der Waals surface area (Å²) in [7, 11) is 1.43. The van der Waals surface area contributed by atoms with E-state index >= 15 is 0 Å². The van der Waals surface area contributed by atoms with Crippen molar-refractivity contribution in [1.82, 2.24) is 0 Å². The molecule has 0 aromatic heterocycles. The van der Waals surface area contributed by atoms with Crippen LogP contribution in [0.2, 0.25) is 0 Å². The Bertz CT molecular complexity index is 607. The standard InChI is InChI=1S/C16H16BrFO2S/c1-20-14-7-4-5-11(16(14)18)9-12(19)10-21-15-8-3-2-6-13(15)17/h2-8,12,19H,9-10H2,1H3. The van der Waals surface area contributed by atoms with Crippen LogP contribution in [0.3, 0.4) is 0 Å². The van der Waals surface area contributed by atoms with Gasteiger partial charge in [-0.2, -0.15) is 0 Å². The van der Waals surface area contributed by atoms with Crippen molar-refractivity contribution in [3.05, 3.63) is 58.3 Å². The molecule has 0 aliphatic carbocycles. The highest BCUT2D eigenvalue weighted by molar-refractivity contribution is 9.10. The second-order valence-corrected chi connectivity index (χ2v) is 6.45. The molecule has 21 heavy (non-hydrogen) atoms. The molecule has 1 unspecified atom stereocenters. The molecule has 1 N–H and O–H groups in total. The summed E-state index contributed by atoms with van der Waals surface area (Å²) in [6.45, 7) is 0. The smallest absolute Gasteiger partial charge is 0.168 e. The molecule has 0 fully saturated rings. The van der Waals surface area contributed by atoms with Gasteiger partial charge in [-0.15, -0.1) is 11.8 Å². The Balaban J connectivity index is 1.96. The summed E-state index contributed by atoms with van der Waals surface area (Å²) in [6.07, 6.45) is -0.357. The van der Waals surface area contributed by atoms with E-state index in [2.05, 4.69) is 15.9 Å². The van der Waals surface area contributed by atoms with Gasteiger partial charge in [0.2, 0.25) is 0 Å². The first-order valence-electron chi connectivity index (χ1n) is 6.48. The number of halogens is 2. The number of aliphatic hydroxyl groups is 1. The Morgan fingerprint density at radius 2 is 2.00 bits per heavy atom. The lowest BCUT2D eigenvalue weighted by Crippen LogP contribution is -2.14. The van der Waals surface area contributed by atoms with Crippen LogP contribution >= 0.6 is 27.7 Å². The van der Waals surface area contributed by atoms with Crippen molar-refractivity contribution in [2.75, 3.05) is 12.9 Å². The highest BCUT2D eigenvalue weighted by Gasteiger charge is 2.13. The summed E-state index contributed by atoms with van der Waals surface area (Å²) in [4.78, 5) is 1.06. The fourth-order valence-corrected chi connectivity index (χ4v) is 3.43. The van der Waals surface area contributed by atoms with E-state index in [0.29, 0.717) is 11.3 Å². The quantitative estimate of drug-likeness (QED) is 0.769. The molecule has 112 valence electrons. The Morgan fingerprint density at radius 1 is 1.24 bits per heavy atom. The maximum absolute atomic E-state index is 14.0. The zero-order chi connectivity index (χ0) is 15.2. The zero-order valence-corrected chi connectivity index (χ0v) is 14.0. The Morgan fingerprint density at radius 3 is 2.71 bits per heavy atom. The van der Waals surface area contributed by atoms with Crippen LogP contribution in [0.4, 0.5) is 4.39 Å². The number of hydrogen-bond acceptors (Lipinski definition) is 3. The minimum absolute atomic E-state index is 0.207. The van der Waals surface area contributed by atoms with Crippen molar-refractivity contribution >= 4 is 27.7 Å². The number of benzene rings is 2. The minimum Gasteiger partial charge on any atom is -0.494 e. The highest BCUT2D eigenvalue weighted by atomic mass is 79.9. The topological polar surface area (TPSA) is 29.5 Å².